The molecule has 3 aromatic carbocycles. The summed E-state index contributed by atoms with van der Waals surface area (Å²) in [5, 5.41) is 5.73. The van der Waals surface area contributed by atoms with Crippen molar-refractivity contribution in [3.05, 3.63) is 71.8 Å². The Morgan fingerprint density at radius 3 is 2.54 bits per heavy atom. The summed E-state index contributed by atoms with van der Waals surface area (Å²) in [5.74, 6) is 0.270. The van der Waals surface area contributed by atoms with Crippen LogP contribution in [0.25, 0.3) is 21.8 Å². The zero-order valence-corrected chi connectivity index (χ0v) is 16.5. The van der Waals surface area contributed by atoms with E-state index in [0.29, 0.717) is 10.8 Å². The van der Waals surface area contributed by atoms with Gasteiger partial charge in [-0.1, -0.05) is 41.9 Å². The molecular formula is C23H21ClN2O2. The molecule has 1 aromatic heterocycles. The summed E-state index contributed by atoms with van der Waals surface area (Å²) in [6.07, 6.45) is -0.674. The van der Waals surface area contributed by atoms with Crippen LogP contribution in [-0.2, 0) is 11.3 Å². The van der Waals surface area contributed by atoms with E-state index in [1.54, 1.807) is 19.1 Å². The van der Waals surface area contributed by atoms with Crippen molar-refractivity contribution in [3.8, 4) is 5.75 Å². The molecule has 0 spiro atoms. The van der Waals surface area contributed by atoms with E-state index >= 15 is 0 Å². The van der Waals surface area contributed by atoms with Crippen molar-refractivity contribution in [2.75, 3.05) is 5.32 Å². The van der Waals surface area contributed by atoms with Gasteiger partial charge >= 0.3 is 0 Å². The smallest absolute Gasteiger partial charge is 0.265 e. The van der Waals surface area contributed by atoms with Gasteiger partial charge in [0.2, 0.25) is 0 Å². The highest BCUT2D eigenvalue weighted by molar-refractivity contribution is 6.32. The number of benzene rings is 3. The molecule has 0 aliphatic carbocycles. The summed E-state index contributed by atoms with van der Waals surface area (Å²) in [4.78, 5) is 12.6. The minimum atomic E-state index is -0.674. The molecule has 4 aromatic rings. The van der Waals surface area contributed by atoms with E-state index in [2.05, 4.69) is 28.9 Å². The van der Waals surface area contributed by atoms with Crippen LogP contribution in [0.5, 0.6) is 5.75 Å². The lowest BCUT2D eigenvalue weighted by atomic mass is 10.1. The Morgan fingerprint density at radius 1 is 1.04 bits per heavy atom. The average molecular weight is 393 g/mol. The number of amides is 1. The Hall–Kier alpha value is -2.98. The van der Waals surface area contributed by atoms with Gasteiger partial charge < -0.3 is 14.6 Å². The Labute approximate surface area is 168 Å². The molecule has 1 atom stereocenters. The lowest BCUT2D eigenvalue weighted by Gasteiger charge is -2.15. The molecule has 1 unspecified atom stereocenters. The third kappa shape index (κ3) is 3.32. The topological polar surface area (TPSA) is 43.3 Å². The Balaban J connectivity index is 1.60. The average Bonchev–Trinajstić information content (AvgIpc) is 3.02. The number of para-hydroxylation sites is 2. The third-order valence-electron chi connectivity index (χ3n) is 4.87. The first kappa shape index (κ1) is 18.4. The van der Waals surface area contributed by atoms with Gasteiger partial charge in [-0.2, -0.15) is 0 Å². The highest BCUT2D eigenvalue weighted by atomic mass is 35.5. The molecule has 0 aliphatic heterocycles. The summed E-state index contributed by atoms with van der Waals surface area (Å²) in [6.45, 7) is 4.73. The number of nitrogens with one attached hydrogen (secondary N) is 1. The van der Waals surface area contributed by atoms with E-state index in [9.17, 15) is 4.79 Å². The van der Waals surface area contributed by atoms with Crippen LogP contribution in [-0.4, -0.2) is 16.6 Å². The molecule has 0 saturated heterocycles. The number of rotatable bonds is 5. The first-order chi connectivity index (χ1) is 13.6. The number of hydrogen-bond acceptors (Lipinski definition) is 2. The molecule has 4 nitrogen and oxygen atoms in total. The Bertz CT molecular complexity index is 1170. The fourth-order valence-corrected chi connectivity index (χ4v) is 3.68. The number of hydrogen-bond donors (Lipinski definition) is 1. The number of carbonyl (C=O) groups excluding carboxylic acids is 1. The van der Waals surface area contributed by atoms with Gasteiger partial charge in [0.05, 0.1) is 5.02 Å². The van der Waals surface area contributed by atoms with Gasteiger partial charge in [0, 0.05) is 34.0 Å². The van der Waals surface area contributed by atoms with E-state index in [1.807, 2.05) is 42.5 Å². The number of aryl methyl sites for hydroxylation is 1. The van der Waals surface area contributed by atoms with Gasteiger partial charge in [0.25, 0.3) is 5.91 Å². The minimum absolute atomic E-state index is 0.224. The summed E-state index contributed by atoms with van der Waals surface area (Å²) >= 11 is 6.11. The first-order valence-electron chi connectivity index (χ1n) is 9.31. The molecule has 4 rings (SSSR count). The lowest BCUT2D eigenvalue weighted by Crippen LogP contribution is -2.30. The molecule has 0 saturated carbocycles. The van der Waals surface area contributed by atoms with Gasteiger partial charge in [0.1, 0.15) is 5.75 Å². The van der Waals surface area contributed by atoms with Crippen molar-refractivity contribution in [1.29, 1.82) is 0 Å². The van der Waals surface area contributed by atoms with Gasteiger partial charge in [-0.05, 0) is 50.2 Å². The summed E-state index contributed by atoms with van der Waals surface area (Å²) in [6, 6.07) is 21.4. The van der Waals surface area contributed by atoms with E-state index < -0.39 is 6.10 Å². The van der Waals surface area contributed by atoms with E-state index in [0.717, 1.165) is 23.1 Å². The van der Waals surface area contributed by atoms with Crippen molar-refractivity contribution in [1.82, 2.24) is 4.57 Å². The van der Waals surface area contributed by atoms with Crippen LogP contribution in [0.4, 0.5) is 5.69 Å². The van der Waals surface area contributed by atoms with E-state index in [-0.39, 0.29) is 5.91 Å². The quantitative estimate of drug-likeness (QED) is 0.461. The molecule has 0 fully saturated rings. The highest BCUT2D eigenvalue weighted by Crippen LogP contribution is 2.31. The molecule has 1 amide bonds. The molecule has 142 valence electrons. The highest BCUT2D eigenvalue weighted by Gasteiger charge is 2.17. The summed E-state index contributed by atoms with van der Waals surface area (Å²) < 4.78 is 7.99. The van der Waals surface area contributed by atoms with Crippen molar-refractivity contribution < 1.29 is 9.53 Å². The summed E-state index contributed by atoms with van der Waals surface area (Å²) in [5.41, 5.74) is 3.09. The normalized spacial score (nSPS) is 12.2. The number of fused-ring (bicyclic) bond motifs is 3. The molecular weight excluding hydrogens is 372 g/mol. The maximum Gasteiger partial charge on any atom is 0.265 e. The van der Waals surface area contributed by atoms with Gasteiger partial charge in [-0.25, -0.2) is 0 Å². The Kier molecular flexibility index (Phi) is 4.97. The number of anilines is 1. The van der Waals surface area contributed by atoms with Gasteiger partial charge in [-0.15, -0.1) is 0 Å². The van der Waals surface area contributed by atoms with Crippen molar-refractivity contribution in [3.63, 3.8) is 0 Å². The second-order valence-corrected chi connectivity index (χ2v) is 7.08. The van der Waals surface area contributed by atoms with Crippen molar-refractivity contribution in [2.24, 2.45) is 0 Å². The van der Waals surface area contributed by atoms with E-state index in [4.69, 9.17) is 16.3 Å². The van der Waals surface area contributed by atoms with Crippen molar-refractivity contribution >= 4 is 45.0 Å². The predicted molar refractivity (Wildman–Crippen MR) is 115 cm³/mol. The van der Waals surface area contributed by atoms with Crippen molar-refractivity contribution in [2.45, 2.75) is 26.5 Å². The van der Waals surface area contributed by atoms with Crippen LogP contribution in [0.15, 0.2) is 66.7 Å². The fourth-order valence-electron chi connectivity index (χ4n) is 3.50. The van der Waals surface area contributed by atoms with Gasteiger partial charge in [-0.3, -0.25) is 4.79 Å². The van der Waals surface area contributed by atoms with E-state index in [1.165, 1.54) is 10.9 Å². The van der Waals surface area contributed by atoms with Gasteiger partial charge in [0.15, 0.2) is 6.10 Å². The molecule has 1 heterocycles. The second kappa shape index (κ2) is 7.56. The first-order valence-corrected chi connectivity index (χ1v) is 9.69. The molecule has 0 bridgehead atoms. The molecule has 0 radical (unpaired) electrons. The number of aromatic nitrogens is 1. The van der Waals surface area contributed by atoms with Crippen LogP contribution in [0, 0.1) is 0 Å². The fraction of sp³-hybridized carbons (Fsp3) is 0.174. The SMILES string of the molecule is CCn1c2ccccc2c2cc(NC(=O)C(C)Oc3ccccc3Cl)ccc21. The number of nitrogens with zero attached hydrogens (tertiary/aromatic N) is 1. The van der Waals surface area contributed by atoms with Crippen LogP contribution in [0.1, 0.15) is 13.8 Å². The third-order valence-corrected chi connectivity index (χ3v) is 5.18. The maximum atomic E-state index is 12.6. The molecule has 1 N–H and O–H groups in total. The van der Waals surface area contributed by atoms with Crippen LogP contribution >= 0.6 is 11.6 Å². The zero-order chi connectivity index (χ0) is 19.7. The van der Waals surface area contributed by atoms with Crippen LogP contribution < -0.4 is 10.1 Å². The Morgan fingerprint density at radius 2 is 1.75 bits per heavy atom. The monoisotopic (exact) mass is 392 g/mol. The molecule has 28 heavy (non-hydrogen) atoms. The van der Waals surface area contributed by atoms with Crippen LogP contribution in [0.3, 0.4) is 0 Å². The predicted octanol–water partition coefficient (Wildman–Crippen LogP) is 5.87. The minimum Gasteiger partial charge on any atom is -0.479 e. The molecule has 5 heteroatoms. The van der Waals surface area contributed by atoms with Crippen LogP contribution in [0.2, 0.25) is 5.02 Å². The largest absolute Gasteiger partial charge is 0.479 e. The standard InChI is InChI=1S/C23H21ClN2O2/c1-3-26-20-10-6-4-8-17(20)18-14-16(12-13-21(18)26)25-23(27)15(2)28-22-11-7-5-9-19(22)24/h4-15H,3H2,1-2H3,(H,25,27). The lowest BCUT2D eigenvalue weighted by molar-refractivity contribution is -0.122. The maximum absolute atomic E-state index is 12.6. The summed E-state index contributed by atoms with van der Waals surface area (Å²) in [7, 11) is 0. The molecule has 0 aliphatic rings. The zero-order valence-electron chi connectivity index (χ0n) is 15.8. The number of halogens is 1. The number of ether oxygens (including phenoxy) is 1. The second-order valence-electron chi connectivity index (χ2n) is 6.67. The number of carbonyl (C=O) groups is 1.